The second kappa shape index (κ2) is 6.35. The molecule has 0 atom stereocenters. The van der Waals surface area contributed by atoms with Gasteiger partial charge in [-0.1, -0.05) is 15.9 Å². The molecular weight excluding hydrogens is 462 g/mol. The molecule has 1 N–H and O–H groups in total. The van der Waals surface area contributed by atoms with Gasteiger partial charge in [-0.2, -0.15) is 13.2 Å². The Bertz CT molecular complexity index is 671. The lowest BCUT2D eigenvalue weighted by atomic mass is 10.1. The molecule has 0 saturated carbocycles. The van der Waals surface area contributed by atoms with Gasteiger partial charge in [0.25, 0.3) is 5.91 Å². The van der Waals surface area contributed by atoms with Crippen molar-refractivity contribution in [2.75, 3.05) is 5.32 Å². The van der Waals surface area contributed by atoms with Crippen LogP contribution in [0.1, 0.15) is 15.9 Å². The van der Waals surface area contributed by atoms with Crippen molar-refractivity contribution in [3.63, 3.8) is 0 Å². The van der Waals surface area contributed by atoms with Crippen LogP contribution in [0.4, 0.5) is 18.9 Å². The molecule has 2 nitrogen and oxygen atoms in total. The Kier molecular flexibility index (Phi) is 4.92. The lowest BCUT2D eigenvalue weighted by Crippen LogP contribution is -2.16. The third kappa shape index (κ3) is 4.19. The maximum atomic E-state index is 13.0. The number of amides is 1. The van der Waals surface area contributed by atoms with Crippen LogP contribution in [0.3, 0.4) is 0 Å². The van der Waals surface area contributed by atoms with Gasteiger partial charge in [-0.25, -0.2) is 0 Å². The summed E-state index contributed by atoms with van der Waals surface area (Å²) in [6.45, 7) is 0. The van der Waals surface area contributed by atoms with Gasteiger partial charge in [-0.15, -0.1) is 0 Å². The number of alkyl halides is 3. The van der Waals surface area contributed by atoms with E-state index in [4.69, 9.17) is 0 Å². The summed E-state index contributed by atoms with van der Waals surface area (Å²) in [4.78, 5) is 12.0. The molecule has 110 valence electrons. The zero-order chi connectivity index (χ0) is 15.6. The molecular formula is C14H8BrF3INO. The van der Waals surface area contributed by atoms with Crippen molar-refractivity contribution >= 4 is 50.1 Å². The number of hydrogen-bond donors (Lipinski definition) is 1. The Hall–Kier alpha value is -1.09. The molecule has 0 aliphatic heterocycles. The van der Waals surface area contributed by atoms with Gasteiger partial charge in [0.15, 0.2) is 0 Å². The first-order valence-electron chi connectivity index (χ1n) is 5.71. The SMILES string of the molecule is O=C(Nc1ccc(Br)cc1C(F)(F)F)c1ccc(I)cc1. The fraction of sp³-hybridized carbons (Fsp3) is 0.0714. The van der Waals surface area contributed by atoms with E-state index in [9.17, 15) is 18.0 Å². The summed E-state index contributed by atoms with van der Waals surface area (Å²) in [7, 11) is 0. The molecule has 0 heterocycles. The van der Waals surface area contributed by atoms with E-state index in [1.165, 1.54) is 12.1 Å². The summed E-state index contributed by atoms with van der Waals surface area (Å²) in [5, 5.41) is 2.30. The molecule has 7 heteroatoms. The first kappa shape index (κ1) is 16.3. The molecule has 0 radical (unpaired) electrons. The fourth-order valence-electron chi connectivity index (χ4n) is 1.66. The lowest BCUT2D eigenvalue weighted by Gasteiger charge is -2.14. The Morgan fingerprint density at radius 1 is 1.10 bits per heavy atom. The fourth-order valence-corrected chi connectivity index (χ4v) is 2.38. The number of anilines is 1. The van der Waals surface area contributed by atoms with Crippen LogP contribution in [0.25, 0.3) is 0 Å². The van der Waals surface area contributed by atoms with Gasteiger partial charge in [0.05, 0.1) is 11.3 Å². The summed E-state index contributed by atoms with van der Waals surface area (Å²) < 4.78 is 40.1. The minimum Gasteiger partial charge on any atom is -0.321 e. The van der Waals surface area contributed by atoms with Crippen LogP contribution >= 0.6 is 38.5 Å². The van der Waals surface area contributed by atoms with Gasteiger partial charge < -0.3 is 5.32 Å². The van der Waals surface area contributed by atoms with Gasteiger partial charge in [0, 0.05) is 13.6 Å². The molecule has 2 rings (SSSR count). The highest BCUT2D eigenvalue weighted by Crippen LogP contribution is 2.36. The van der Waals surface area contributed by atoms with Crippen molar-refractivity contribution in [2.45, 2.75) is 6.18 Å². The molecule has 0 fully saturated rings. The quantitative estimate of drug-likeness (QED) is 0.592. The van der Waals surface area contributed by atoms with Crippen LogP contribution < -0.4 is 5.32 Å². The molecule has 0 aliphatic carbocycles. The molecule has 0 aliphatic rings. The number of hydrogen-bond acceptors (Lipinski definition) is 1. The van der Waals surface area contributed by atoms with Gasteiger partial charge in [0.1, 0.15) is 0 Å². The van der Waals surface area contributed by atoms with Crippen LogP contribution in [0.2, 0.25) is 0 Å². The van der Waals surface area contributed by atoms with Crippen molar-refractivity contribution in [2.24, 2.45) is 0 Å². The van der Waals surface area contributed by atoms with Crippen LogP contribution in [0.5, 0.6) is 0 Å². The first-order chi connectivity index (χ1) is 9.77. The highest BCUT2D eigenvalue weighted by atomic mass is 127. The molecule has 0 saturated heterocycles. The molecule has 2 aromatic rings. The van der Waals surface area contributed by atoms with Crippen LogP contribution in [0.15, 0.2) is 46.9 Å². The van der Waals surface area contributed by atoms with E-state index in [0.29, 0.717) is 10.0 Å². The smallest absolute Gasteiger partial charge is 0.321 e. The Balaban J connectivity index is 2.31. The first-order valence-corrected chi connectivity index (χ1v) is 7.58. The van der Waals surface area contributed by atoms with Crippen molar-refractivity contribution in [1.82, 2.24) is 0 Å². The maximum Gasteiger partial charge on any atom is 0.418 e. The molecule has 21 heavy (non-hydrogen) atoms. The Morgan fingerprint density at radius 2 is 1.71 bits per heavy atom. The van der Waals surface area contributed by atoms with Crippen LogP contribution in [-0.2, 0) is 6.18 Å². The molecule has 0 unspecified atom stereocenters. The van der Waals surface area contributed by atoms with E-state index in [0.717, 1.165) is 9.64 Å². The van der Waals surface area contributed by atoms with E-state index < -0.39 is 17.6 Å². The van der Waals surface area contributed by atoms with Gasteiger partial charge in [-0.3, -0.25) is 4.79 Å². The standard InChI is InChI=1S/C14H8BrF3INO/c15-9-3-6-12(11(7-9)14(16,17)18)20-13(21)8-1-4-10(19)5-2-8/h1-7H,(H,20,21). The summed E-state index contributed by atoms with van der Waals surface area (Å²) in [6.07, 6.45) is -4.54. The third-order valence-corrected chi connectivity index (χ3v) is 3.85. The normalized spacial score (nSPS) is 11.3. The largest absolute Gasteiger partial charge is 0.418 e. The minimum absolute atomic E-state index is 0.269. The average Bonchev–Trinajstić information content (AvgIpc) is 2.40. The summed E-state index contributed by atoms with van der Waals surface area (Å²) >= 11 is 5.07. The Labute approximate surface area is 141 Å². The highest BCUT2D eigenvalue weighted by Gasteiger charge is 2.34. The third-order valence-electron chi connectivity index (χ3n) is 2.64. The maximum absolute atomic E-state index is 13.0. The van der Waals surface area contributed by atoms with E-state index in [-0.39, 0.29) is 5.69 Å². The predicted molar refractivity (Wildman–Crippen MR) is 86.3 cm³/mol. The molecule has 0 bridgehead atoms. The molecule has 0 aromatic heterocycles. The Morgan fingerprint density at radius 3 is 2.29 bits per heavy atom. The van der Waals surface area contributed by atoms with Crippen molar-refractivity contribution in [1.29, 1.82) is 0 Å². The summed E-state index contributed by atoms with van der Waals surface area (Å²) in [5.41, 5.74) is -0.864. The number of nitrogens with one attached hydrogen (secondary N) is 1. The van der Waals surface area contributed by atoms with Gasteiger partial charge >= 0.3 is 6.18 Å². The van der Waals surface area contributed by atoms with E-state index in [1.807, 2.05) is 0 Å². The molecule has 2 aromatic carbocycles. The number of rotatable bonds is 2. The zero-order valence-electron chi connectivity index (χ0n) is 10.3. The van der Waals surface area contributed by atoms with Gasteiger partial charge in [-0.05, 0) is 65.1 Å². The number of benzene rings is 2. The van der Waals surface area contributed by atoms with Crippen LogP contribution in [-0.4, -0.2) is 5.91 Å². The van der Waals surface area contributed by atoms with Crippen molar-refractivity contribution < 1.29 is 18.0 Å². The van der Waals surface area contributed by atoms with E-state index in [2.05, 4.69) is 43.8 Å². The number of halogens is 5. The zero-order valence-corrected chi connectivity index (χ0v) is 14.1. The summed E-state index contributed by atoms with van der Waals surface area (Å²) in [5.74, 6) is -0.584. The number of carbonyl (C=O) groups excluding carboxylic acids is 1. The lowest BCUT2D eigenvalue weighted by molar-refractivity contribution is -0.136. The van der Waals surface area contributed by atoms with Crippen molar-refractivity contribution in [3.05, 3.63) is 61.6 Å². The second-order valence-corrected chi connectivity index (χ2v) is 6.31. The average molecular weight is 470 g/mol. The topological polar surface area (TPSA) is 29.1 Å². The van der Waals surface area contributed by atoms with E-state index in [1.54, 1.807) is 24.3 Å². The number of carbonyl (C=O) groups is 1. The predicted octanol–water partition coefficient (Wildman–Crippen LogP) is 5.32. The highest BCUT2D eigenvalue weighted by molar-refractivity contribution is 14.1. The monoisotopic (exact) mass is 469 g/mol. The van der Waals surface area contributed by atoms with Crippen LogP contribution in [0, 0.1) is 3.57 Å². The second-order valence-electron chi connectivity index (χ2n) is 4.15. The molecule has 0 spiro atoms. The van der Waals surface area contributed by atoms with Gasteiger partial charge in [0.2, 0.25) is 0 Å². The van der Waals surface area contributed by atoms with Crippen molar-refractivity contribution in [3.8, 4) is 0 Å². The van der Waals surface area contributed by atoms with E-state index >= 15 is 0 Å². The summed E-state index contributed by atoms with van der Waals surface area (Å²) in [6, 6.07) is 10.1. The molecule has 1 amide bonds. The minimum atomic E-state index is -4.54.